The fourth-order valence-corrected chi connectivity index (χ4v) is 3.70. The summed E-state index contributed by atoms with van der Waals surface area (Å²) in [6, 6.07) is 21.3. The zero-order valence-corrected chi connectivity index (χ0v) is 16.1. The van der Waals surface area contributed by atoms with Gasteiger partial charge in [0.1, 0.15) is 0 Å². The second kappa shape index (κ2) is 8.19. The summed E-state index contributed by atoms with van der Waals surface area (Å²) >= 11 is 0. The van der Waals surface area contributed by atoms with Crippen LogP contribution in [-0.2, 0) is 21.2 Å². The molecule has 0 aliphatic rings. The lowest BCUT2D eigenvalue weighted by Gasteiger charge is -2.09. The van der Waals surface area contributed by atoms with Crippen molar-refractivity contribution in [1.82, 2.24) is 0 Å². The summed E-state index contributed by atoms with van der Waals surface area (Å²) in [6.45, 7) is 1.87. The molecule has 28 heavy (non-hydrogen) atoms. The van der Waals surface area contributed by atoms with E-state index < -0.39 is 21.6 Å². The second-order valence-electron chi connectivity index (χ2n) is 6.41. The number of benzene rings is 3. The first-order valence-electron chi connectivity index (χ1n) is 8.66. The molecule has 3 aromatic carbocycles. The van der Waals surface area contributed by atoms with Crippen LogP contribution in [0.2, 0.25) is 0 Å². The molecule has 0 heterocycles. The third kappa shape index (κ3) is 4.72. The summed E-state index contributed by atoms with van der Waals surface area (Å²) in [4.78, 5) is 24.6. The van der Waals surface area contributed by atoms with Crippen molar-refractivity contribution in [1.29, 1.82) is 0 Å². The van der Waals surface area contributed by atoms with Gasteiger partial charge in [-0.15, -0.1) is 0 Å². The van der Waals surface area contributed by atoms with Gasteiger partial charge in [0.05, 0.1) is 4.90 Å². The Morgan fingerprint density at radius 2 is 1.43 bits per heavy atom. The Hall–Kier alpha value is -3.25. The van der Waals surface area contributed by atoms with Crippen molar-refractivity contribution in [3.05, 3.63) is 95.6 Å². The van der Waals surface area contributed by atoms with Crippen LogP contribution in [0.4, 0.5) is 5.69 Å². The number of nitrogens with one attached hydrogen (secondary N) is 1. The van der Waals surface area contributed by atoms with E-state index in [2.05, 4.69) is 4.72 Å². The molecule has 142 valence electrons. The third-order valence-electron chi connectivity index (χ3n) is 4.19. The van der Waals surface area contributed by atoms with E-state index in [-0.39, 0.29) is 16.9 Å². The van der Waals surface area contributed by atoms with Gasteiger partial charge in [-0.1, -0.05) is 48.0 Å². The number of sulfonamides is 1. The van der Waals surface area contributed by atoms with Crippen LogP contribution in [0.15, 0.2) is 83.8 Å². The van der Waals surface area contributed by atoms with Crippen molar-refractivity contribution in [3.8, 4) is 0 Å². The highest BCUT2D eigenvalue weighted by Gasteiger charge is 2.18. The van der Waals surface area contributed by atoms with Crippen molar-refractivity contribution in [2.24, 2.45) is 0 Å². The maximum Gasteiger partial charge on any atom is 0.261 e. The summed E-state index contributed by atoms with van der Waals surface area (Å²) in [6.07, 6.45) is 0.0292. The Balaban J connectivity index is 1.70. The number of carbonyl (C=O) groups is 2. The molecule has 0 aliphatic carbocycles. The lowest BCUT2D eigenvalue weighted by atomic mass is 10.0. The smallest absolute Gasteiger partial charge is 0.261 e. The number of ketones is 2. The Morgan fingerprint density at radius 1 is 0.821 bits per heavy atom. The Labute approximate surface area is 164 Å². The summed E-state index contributed by atoms with van der Waals surface area (Å²) in [5, 5.41) is 0. The molecule has 0 saturated carbocycles. The minimum absolute atomic E-state index is 0.0292. The average molecular weight is 393 g/mol. The van der Waals surface area contributed by atoms with E-state index >= 15 is 0 Å². The van der Waals surface area contributed by atoms with Gasteiger partial charge in [-0.3, -0.25) is 14.3 Å². The van der Waals surface area contributed by atoms with E-state index in [9.17, 15) is 18.0 Å². The minimum atomic E-state index is -3.72. The highest BCUT2D eigenvalue weighted by Crippen LogP contribution is 2.18. The monoisotopic (exact) mass is 393 g/mol. The fraction of sp³-hybridized carbons (Fsp3) is 0.0909. The predicted molar refractivity (Wildman–Crippen MR) is 108 cm³/mol. The van der Waals surface area contributed by atoms with Gasteiger partial charge in [0.15, 0.2) is 0 Å². The topological polar surface area (TPSA) is 80.3 Å². The Kier molecular flexibility index (Phi) is 5.70. The van der Waals surface area contributed by atoms with Crippen molar-refractivity contribution >= 4 is 27.3 Å². The molecule has 0 unspecified atom stereocenters. The predicted octanol–water partition coefficient (Wildman–Crippen LogP) is 3.79. The van der Waals surface area contributed by atoms with Gasteiger partial charge >= 0.3 is 0 Å². The van der Waals surface area contributed by atoms with Gasteiger partial charge in [0, 0.05) is 17.7 Å². The van der Waals surface area contributed by atoms with E-state index in [1.807, 2.05) is 25.1 Å². The quantitative estimate of drug-likeness (QED) is 0.489. The van der Waals surface area contributed by atoms with E-state index in [1.54, 1.807) is 24.3 Å². The molecular formula is C22H19NO4S. The summed E-state index contributed by atoms with van der Waals surface area (Å²) in [7, 11) is -3.72. The molecule has 0 aliphatic heterocycles. The number of rotatable bonds is 7. The van der Waals surface area contributed by atoms with E-state index in [0.717, 1.165) is 11.1 Å². The number of aryl methyl sites for hydroxylation is 1. The third-order valence-corrected chi connectivity index (χ3v) is 5.59. The van der Waals surface area contributed by atoms with Gasteiger partial charge in [-0.05, 0) is 48.9 Å². The molecule has 3 aromatic rings. The maximum absolute atomic E-state index is 12.4. The molecule has 0 radical (unpaired) electrons. The van der Waals surface area contributed by atoms with Gasteiger partial charge in [-0.2, -0.15) is 0 Å². The SMILES string of the molecule is Cc1ccc(S(=O)(=O)Nc2ccc(C(=O)C(=O)Cc3ccccc3)cc2)cc1. The van der Waals surface area contributed by atoms with Crippen LogP contribution in [0.25, 0.3) is 0 Å². The highest BCUT2D eigenvalue weighted by molar-refractivity contribution is 7.92. The lowest BCUT2D eigenvalue weighted by Crippen LogP contribution is -2.17. The van der Waals surface area contributed by atoms with Gasteiger partial charge in [0.25, 0.3) is 10.0 Å². The van der Waals surface area contributed by atoms with Crippen LogP contribution < -0.4 is 4.72 Å². The first-order valence-corrected chi connectivity index (χ1v) is 10.1. The normalized spacial score (nSPS) is 11.0. The Bertz CT molecular complexity index is 1090. The minimum Gasteiger partial charge on any atom is -0.290 e. The molecule has 0 saturated heterocycles. The molecule has 3 rings (SSSR count). The average Bonchev–Trinajstić information content (AvgIpc) is 2.69. The zero-order chi connectivity index (χ0) is 20.1. The molecule has 0 bridgehead atoms. The molecule has 0 fully saturated rings. The Morgan fingerprint density at radius 3 is 2.04 bits per heavy atom. The van der Waals surface area contributed by atoms with Gasteiger partial charge in [0.2, 0.25) is 11.6 Å². The van der Waals surface area contributed by atoms with Crippen molar-refractivity contribution in [2.45, 2.75) is 18.2 Å². The number of carbonyl (C=O) groups excluding carboxylic acids is 2. The van der Waals surface area contributed by atoms with Gasteiger partial charge in [-0.25, -0.2) is 8.42 Å². The summed E-state index contributed by atoms with van der Waals surface area (Å²) in [5.41, 5.74) is 2.26. The molecule has 0 spiro atoms. The maximum atomic E-state index is 12.4. The molecule has 5 nitrogen and oxygen atoms in total. The first-order chi connectivity index (χ1) is 13.3. The van der Waals surface area contributed by atoms with E-state index in [4.69, 9.17) is 0 Å². The van der Waals surface area contributed by atoms with Crippen LogP contribution >= 0.6 is 0 Å². The number of anilines is 1. The van der Waals surface area contributed by atoms with E-state index in [1.165, 1.54) is 36.4 Å². The summed E-state index contributed by atoms with van der Waals surface area (Å²) in [5.74, 6) is -1.11. The molecule has 6 heteroatoms. The van der Waals surface area contributed by atoms with E-state index in [0.29, 0.717) is 5.69 Å². The highest BCUT2D eigenvalue weighted by atomic mass is 32.2. The van der Waals surface area contributed by atoms with Crippen LogP contribution in [0.5, 0.6) is 0 Å². The van der Waals surface area contributed by atoms with Crippen molar-refractivity contribution < 1.29 is 18.0 Å². The van der Waals surface area contributed by atoms with Crippen molar-refractivity contribution in [2.75, 3.05) is 4.72 Å². The fourth-order valence-electron chi connectivity index (χ4n) is 2.64. The molecule has 1 N–H and O–H groups in total. The van der Waals surface area contributed by atoms with Crippen LogP contribution in [0.1, 0.15) is 21.5 Å². The standard InChI is InChI=1S/C22H19NO4S/c1-16-7-13-20(14-8-16)28(26,27)23-19-11-9-18(10-12-19)22(25)21(24)15-17-5-3-2-4-6-17/h2-14,23H,15H2,1H3. The summed E-state index contributed by atoms with van der Waals surface area (Å²) < 4.78 is 27.3. The van der Waals surface area contributed by atoms with Crippen LogP contribution in [0, 0.1) is 6.92 Å². The van der Waals surface area contributed by atoms with Crippen LogP contribution in [-0.4, -0.2) is 20.0 Å². The molecule has 0 amide bonds. The van der Waals surface area contributed by atoms with Gasteiger partial charge < -0.3 is 0 Å². The van der Waals surface area contributed by atoms with Crippen LogP contribution in [0.3, 0.4) is 0 Å². The number of hydrogen-bond acceptors (Lipinski definition) is 4. The number of Topliss-reactive ketones (excluding diaryl/α,β-unsaturated/α-hetero) is 2. The second-order valence-corrected chi connectivity index (χ2v) is 8.09. The van der Waals surface area contributed by atoms with Crippen molar-refractivity contribution in [3.63, 3.8) is 0 Å². The molecule has 0 aromatic heterocycles. The lowest BCUT2D eigenvalue weighted by molar-refractivity contribution is -0.114. The largest absolute Gasteiger partial charge is 0.290 e. The first kappa shape index (κ1) is 19.5. The molecule has 0 atom stereocenters. The molecular weight excluding hydrogens is 374 g/mol. The number of hydrogen-bond donors (Lipinski definition) is 1. The zero-order valence-electron chi connectivity index (χ0n) is 15.3.